The van der Waals surface area contributed by atoms with Crippen LogP contribution in [0.25, 0.3) is 10.8 Å². The van der Waals surface area contributed by atoms with Gasteiger partial charge >= 0.3 is 0 Å². The van der Waals surface area contributed by atoms with Crippen molar-refractivity contribution in [3.05, 3.63) is 48.0 Å². The number of ketones is 1. The van der Waals surface area contributed by atoms with Crippen LogP contribution in [-0.4, -0.2) is 20.0 Å². The van der Waals surface area contributed by atoms with Gasteiger partial charge in [-0.25, -0.2) is 0 Å². The van der Waals surface area contributed by atoms with Gasteiger partial charge in [-0.2, -0.15) is 0 Å². The summed E-state index contributed by atoms with van der Waals surface area (Å²) in [6, 6.07) is 13.7. The second-order valence-electron chi connectivity index (χ2n) is 4.14. The van der Waals surface area contributed by atoms with E-state index in [1.807, 2.05) is 42.5 Å². The molecule has 3 heteroatoms. The van der Waals surface area contributed by atoms with E-state index in [1.54, 1.807) is 0 Å². The van der Waals surface area contributed by atoms with Crippen molar-refractivity contribution in [2.24, 2.45) is 0 Å². The number of fused-ring (bicyclic) bond motifs is 1. The zero-order valence-corrected chi connectivity index (χ0v) is 10.8. The van der Waals surface area contributed by atoms with Crippen molar-refractivity contribution in [2.45, 2.75) is 12.7 Å². The lowest BCUT2D eigenvalue weighted by molar-refractivity contribution is -0.211. The van der Waals surface area contributed by atoms with Gasteiger partial charge in [0, 0.05) is 26.7 Å². The molecule has 0 saturated carbocycles. The van der Waals surface area contributed by atoms with Gasteiger partial charge in [0.25, 0.3) is 5.79 Å². The van der Waals surface area contributed by atoms with Gasteiger partial charge in [-0.3, -0.25) is 4.79 Å². The molecule has 0 aliphatic carbocycles. The summed E-state index contributed by atoms with van der Waals surface area (Å²) in [6.45, 7) is 1.46. The van der Waals surface area contributed by atoms with Crippen molar-refractivity contribution in [1.29, 1.82) is 0 Å². The van der Waals surface area contributed by atoms with Gasteiger partial charge in [0.1, 0.15) is 0 Å². The van der Waals surface area contributed by atoms with Crippen LogP contribution < -0.4 is 0 Å². The molecule has 0 atom stereocenters. The summed E-state index contributed by atoms with van der Waals surface area (Å²) in [4.78, 5) is 11.8. The fourth-order valence-corrected chi connectivity index (χ4v) is 2.20. The molecule has 3 nitrogen and oxygen atoms in total. The lowest BCUT2D eigenvalue weighted by Gasteiger charge is -2.28. The molecule has 0 bridgehead atoms. The largest absolute Gasteiger partial charge is 0.343 e. The molecule has 0 unspecified atom stereocenters. The lowest BCUT2D eigenvalue weighted by atomic mass is 9.98. The third kappa shape index (κ3) is 1.92. The molecule has 0 aromatic heterocycles. The van der Waals surface area contributed by atoms with Crippen molar-refractivity contribution in [3.63, 3.8) is 0 Å². The number of ether oxygens (including phenoxy) is 2. The first-order chi connectivity index (χ1) is 8.64. The van der Waals surface area contributed by atoms with Crippen LogP contribution in [0.2, 0.25) is 0 Å². The summed E-state index contributed by atoms with van der Waals surface area (Å²) in [5.74, 6) is -1.49. The summed E-state index contributed by atoms with van der Waals surface area (Å²) in [6.07, 6.45) is 0. The highest BCUT2D eigenvalue weighted by Gasteiger charge is 2.37. The maximum atomic E-state index is 11.8. The van der Waals surface area contributed by atoms with Gasteiger partial charge in [0.15, 0.2) is 5.78 Å². The molecule has 0 N–H and O–H groups in total. The number of hydrogen-bond donors (Lipinski definition) is 0. The van der Waals surface area contributed by atoms with Crippen molar-refractivity contribution >= 4 is 16.6 Å². The minimum absolute atomic E-state index is 0.178. The predicted molar refractivity (Wildman–Crippen MR) is 70.3 cm³/mol. The van der Waals surface area contributed by atoms with Crippen LogP contribution in [0.3, 0.4) is 0 Å². The number of Topliss-reactive ketones (excluding diaryl/α,β-unsaturated/α-hetero) is 1. The van der Waals surface area contributed by atoms with Crippen molar-refractivity contribution in [3.8, 4) is 0 Å². The topological polar surface area (TPSA) is 35.5 Å². The molecule has 2 rings (SSSR count). The quantitative estimate of drug-likeness (QED) is 0.776. The fraction of sp³-hybridized carbons (Fsp3) is 0.267. The van der Waals surface area contributed by atoms with E-state index in [1.165, 1.54) is 21.1 Å². The molecule has 18 heavy (non-hydrogen) atoms. The Morgan fingerprint density at radius 2 is 1.61 bits per heavy atom. The van der Waals surface area contributed by atoms with E-state index in [2.05, 4.69) is 0 Å². The third-order valence-corrected chi connectivity index (χ3v) is 3.17. The fourth-order valence-electron chi connectivity index (χ4n) is 2.20. The average molecular weight is 244 g/mol. The summed E-state index contributed by atoms with van der Waals surface area (Å²) in [5, 5.41) is 2.17. The van der Waals surface area contributed by atoms with Crippen LogP contribution in [0, 0.1) is 0 Å². The van der Waals surface area contributed by atoms with Crippen LogP contribution in [0.1, 0.15) is 12.5 Å². The second-order valence-corrected chi connectivity index (χ2v) is 4.14. The van der Waals surface area contributed by atoms with Gasteiger partial charge in [0.2, 0.25) is 0 Å². The Morgan fingerprint density at radius 3 is 2.17 bits per heavy atom. The van der Waals surface area contributed by atoms with E-state index in [0.29, 0.717) is 5.56 Å². The summed E-state index contributed by atoms with van der Waals surface area (Å²) < 4.78 is 10.6. The molecule has 0 heterocycles. The standard InChI is InChI=1S/C15H16O3/c1-11(16)15(17-2,18-3)14-9-8-12-6-4-5-7-13(12)10-14/h4-10H,1-3H3. The maximum Gasteiger partial charge on any atom is 0.255 e. The minimum atomic E-state index is -1.32. The molecular formula is C15H16O3. The van der Waals surface area contributed by atoms with Crippen LogP contribution in [0.5, 0.6) is 0 Å². The van der Waals surface area contributed by atoms with Gasteiger partial charge in [-0.15, -0.1) is 0 Å². The molecule has 0 spiro atoms. The highest BCUT2D eigenvalue weighted by Crippen LogP contribution is 2.29. The zero-order valence-electron chi connectivity index (χ0n) is 10.8. The smallest absolute Gasteiger partial charge is 0.255 e. The number of hydrogen-bond acceptors (Lipinski definition) is 3. The Labute approximate surface area is 106 Å². The molecule has 2 aromatic rings. The van der Waals surface area contributed by atoms with Gasteiger partial charge < -0.3 is 9.47 Å². The van der Waals surface area contributed by atoms with Crippen LogP contribution in [0.15, 0.2) is 42.5 Å². The Morgan fingerprint density at radius 1 is 1.00 bits per heavy atom. The van der Waals surface area contributed by atoms with E-state index in [4.69, 9.17) is 9.47 Å². The van der Waals surface area contributed by atoms with E-state index in [9.17, 15) is 4.79 Å². The molecule has 0 radical (unpaired) electrons. The predicted octanol–water partition coefficient (Wildman–Crippen LogP) is 2.87. The molecule has 0 fully saturated rings. The lowest BCUT2D eigenvalue weighted by Crippen LogP contribution is -2.38. The van der Waals surface area contributed by atoms with Crippen molar-refractivity contribution in [2.75, 3.05) is 14.2 Å². The average Bonchev–Trinajstić information content (AvgIpc) is 2.40. The Hall–Kier alpha value is -1.71. The highest BCUT2D eigenvalue weighted by atomic mass is 16.7. The molecule has 2 aromatic carbocycles. The number of methoxy groups -OCH3 is 2. The number of rotatable bonds is 4. The number of carbonyl (C=O) groups excluding carboxylic acids is 1. The second kappa shape index (κ2) is 4.88. The highest BCUT2D eigenvalue weighted by molar-refractivity contribution is 5.88. The van der Waals surface area contributed by atoms with E-state index in [-0.39, 0.29) is 5.78 Å². The molecule has 94 valence electrons. The van der Waals surface area contributed by atoms with Crippen LogP contribution in [0.4, 0.5) is 0 Å². The van der Waals surface area contributed by atoms with Gasteiger partial charge in [-0.05, 0) is 16.8 Å². The van der Waals surface area contributed by atoms with E-state index in [0.717, 1.165) is 10.8 Å². The number of benzene rings is 2. The molecular weight excluding hydrogens is 228 g/mol. The van der Waals surface area contributed by atoms with Crippen molar-refractivity contribution < 1.29 is 14.3 Å². The minimum Gasteiger partial charge on any atom is -0.343 e. The molecule has 0 aliphatic heterocycles. The Kier molecular flexibility index (Phi) is 3.45. The van der Waals surface area contributed by atoms with Crippen LogP contribution in [-0.2, 0) is 20.1 Å². The number of carbonyl (C=O) groups is 1. The Balaban J connectivity index is 2.61. The van der Waals surface area contributed by atoms with E-state index < -0.39 is 5.79 Å². The normalized spacial score (nSPS) is 11.7. The zero-order chi connectivity index (χ0) is 13.2. The van der Waals surface area contributed by atoms with Crippen molar-refractivity contribution in [1.82, 2.24) is 0 Å². The first-order valence-electron chi connectivity index (χ1n) is 5.74. The first kappa shape index (κ1) is 12.7. The third-order valence-electron chi connectivity index (χ3n) is 3.17. The summed E-state index contributed by atoms with van der Waals surface area (Å²) >= 11 is 0. The maximum absolute atomic E-state index is 11.8. The summed E-state index contributed by atoms with van der Waals surface area (Å²) in [5.41, 5.74) is 0.707. The molecule has 0 saturated heterocycles. The van der Waals surface area contributed by atoms with Gasteiger partial charge in [-0.1, -0.05) is 36.4 Å². The first-order valence-corrected chi connectivity index (χ1v) is 5.74. The van der Waals surface area contributed by atoms with Gasteiger partial charge in [0.05, 0.1) is 0 Å². The van der Waals surface area contributed by atoms with Crippen LogP contribution >= 0.6 is 0 Å². The summed E-state index contributed by atoms with van der Waals surface area (Å²) in [7, 11) is 2.94. The Bertz CT molecular complexity index is 571. The monoisotopic (exact) mass is 244 g/mol. The van der Waals surface area contributed by atoms with E-state index >= 15 is 0 Å². The molecule has 0 aliphatic rings. The molecule has 0 amide bonds. The SMILES string of the molecule is COC(OC)(C(C)=O)c1ccc2ccccc2c1.